The molecule has 0 saturated carbocycles. The van der Waals surface area contributed by atoms with Crippen LogP contribution in [0.4, 0.5) is 0 Å². The van der Waals surface area contributed by atoms with Crippen LogP contribution in [0.15, 0.2) is 48.0 Å². The molecule has 0 spiro atoms. The second-order valence-corrected chi connectivity index (χ2v) is 12.0. The standard InChI is InChI=1S/C31H34N4O7S/c1-17(2)27(35-13-21-6-4-5-7-23(21)30(35)40)31(41)34-14-22(36)11-24(34)29(39)32-12-20-9-8-19(28-18(3)33-16-43-28)10-25(20)42-15-26(37)38/h4-10,16-17,22,24,27,36H,11-15H2,1-3H3,(H,32,39)(H,37,38)/t22-,24+,27?/m1/s1. The number of aliphatic carboxylic acids is 1. The van der Waals surface area contributed by atoms with Crippen molar-refractivity contribution in [1.29, 1.82) is 0 Å². The van der Waals surface area contributed by atoms with Crippen LogP contribution in [0, 0.1) is 12.8 Å². The number of nitrogens with one attached hydrogen (secondary N) is 1. The number of ether oxygens (including phenoxy) is 1. The molecular weight excluding hydrogens is 572 g/mol. The molecule has 3 N–H and O–H groups in total. The van der Waals surface area contributed by atoms with E-state index in [9.17, 15) is 29.4 Å². The maximum Gasteiger partial charge on any atom is 0.341 e. The molecule has 0 radical (unpaired) electrons. The Balaban J connectivity index is 1.32. The molecule has 0 bridgehead atoms. The molecule has 1 fully saturated rings. The monoisotopic (exact) mass is 606 g/mol. The minimum absolute atomic E-state index is 0.0118. The number of likely N-dealkylation sites (tertiary alicyclic amines) is 1. The molecule has 43 heavy (non-hydrogen) atoms. The van der Waals surface area contributed by atoms with Crippen LogP contribution in [0.25, 0.3) is 10.4 Å². The molecule has 3 amide bonds. The number of nitrogens with zero attached hydrogens (tertiary/aromatic N) is 3. The van der Waals surface area contributed by atoms with Crippen molar-refractivity contribution in [3.05, 3.63) is 70.4 Å². The summed E-state index contributed by atoms with van der Waals surface area (Å²) in [6.45, 7) is 5.32. The van der Waals surface area contributed by atoms with E-state index >= 15 is 0 Å². The zero-order chi connectivity index (χ0) is 30.8. The predicted octanol–water partition coefficient (Wildman–Crippen LogP) is 2.84. The number of rotatable bonds is 10. The largest absolute Gasteiger partial charge is 0.482 e. The highest BCUT2D eigenvalue weighted by Gasteiger charge is 2.45. The van der Waals surface area contributed by atoms with Crippen LogP contribution in [-0.4, -0.2) is 80.0 Å². The van der Waals surface area contributed by atoms with E-state index < -0.39 is 36.7 Å². The number of carboxylic acid groups (broad SMARTS) is 1. The van der Waals surface area contributed by atoms with Crippen molar-refractivity contribution in [2.45, 2.75) is 58.5 Å². The summed E-state index contributed by atoms with van der Waals surface area (Å²) in [5.41, 5.74) is 5.33. The van der Waals surface area contributed by atoms with E-state index in [2.05, 4.69) is 10.3 Å². The molecule has 11 nitrogen and oxygen atoms in total. The minimum atomic E-state index is -1.14. The lowest BCUT2D eigenvalue weighted by atomic mass is 10.0. The molecule has 12 heteroatoms. The number of aryl methyl sites for hydroxylation is 1. The van der Waals surface area contributed by atoms with Crippen molar-refractivity contribution in [2.75, 3.05) is 13.2 Å². The highest BCUT2D eigenvalue weighted by Crippen LogP contribution is 2.33. The minimum Gasteiger partial charge on any atom is -0.482 e. The van der Waals surface area contributed by atoms with Crippen LogP contribution in [0.3, 0.4) is 0 Å². The predicted molar refractivity (Wildman–Crippen MR) is 158 cm³/mol. The van der Waals surface area contributed by atoms with Gasteiger partial charge in [0.15, 0.2) is 6.61 Å². The zero-order valence-corrected chi connectivity index (χ0v) is 25.0. The summed E-state index contributed by atoms with van der Waals surface area (Å²) >= 11 is 1.45. The smallest absolute Gasteiger partial charge is 0.341 e. The van der Waals surface area contributed by atoms with Crippen LogP contribution < -0.4 is 10.1 Å². The molecule has 1 saturated heterocycles. The molecule has 3 heterocycles. The number of benzene rings is 2. The van der Waals surface area contributed by atoms with Gasteiger partial charge in [0, 0.05) is 37.2 Å². The zero-order valence-electron chi connectivity index (χ0n) is 24.1. The van der Waals surface area contributed by atoms with Crippen molar-refractivity contribution >= 4 is 35.0 Å². The Morgan fingerprint density at radius 3 is 2.63 bits per heavy atom. The van der Waals surface area contributed by atoms with Gasteiger partial charge in [-0.3, -0.25) is 14.4 Å². The van der Waals surface area contributed by atoms with Crippen molar-refractivity contribution in [3.8, 4) is 16.2 Å². The Labute approximate surface area is 253 Å². The summed E-state index contributed by atoms with van der Waals surface area (Å²) in [4.78, 5) is 60.0. The average molecular weight is 607 g/mol. The first-order chi connectivity index (χ1) is 20.5. The lowest BCUT2D eigenvalue weighted by Crippen LogP contribution is -2.55. The number of hydrogen-bond acceptors (Lipinski definition) is 8. The molecule has 1 aromatic heterocycles. The molecule has 226 valence electrons. The van der Waals surface area contributed by atoms with E-state index in [-0.39, 0.29) is 37.2 Å². The fourth-order valence-corrected chi connectivity index (χ4v) is 6.55. The highest BCUT2D eigenvalue weighted by atomic mass is 32.1. The van der Waals surface area contributed by atoms with Gasteiger partial charge >= 0.3 is 5.97 Å². The van der Waals surface area contributed by atoms with Gasteiger partial charge in [-0.15, -0.1) is 11.3 Å². The van der Waals surface area contributed by atoms with Crippen molar-refractivity contribution in [1.82, 2.24) is 20.1 Å². The van der Waals surface area contributed by atoms with Gasteiger partial charge in [0.25, 0.3) is 5.91 Å². The third-order valence-electron chi connectivity index (χ3n) is 7.81. The van der Waals surface area contributed by atoms with Crippen LogP contribution in [0.2, 0.25) is 0 Å². The summed E-state index contributed by atoms with van der Waals surface area (Å²) in [6.07, 6.45) is -0.835. The lowest BCUT2D eigenvalue weighted by Gasteiger charge is -2.35. The number of aliphatic hydroxyl groups is 1. The number of β-amino-alcohol motifs (C(OH)–C–C–N with tert-alkyl or cyclic N) is 1. The van der Waals surface area contributed by atoms with Gasteiger partial charge in [0.2, 0.25) is 11.8 Å². The SMILES string of the molecule is Cc1ncsc1-c1ccc(CNC(=O)[C@@H]2C[C@@H](O)CN2C(=O)C(C(C)C)N2Cc3ccccc3C2=O)c(OCC(=O)O)c1. The summed E-state index contributed by atoms with van der Waals surface area (Å²) in [5, 5.41) is 22.5. The topological polar surface area (TPSA) is 149 Å². The second-order valence-electron chi connectivity index (χ2n) is 11.2. The maximum absolute atomic E-state index is 13.9. The van der Waals surface area contributed by atoms with Crippen molar-refractivity contribution in [3.63, 3.8) is 0 Å². The van der Waals surface area contributed by atoms with Gasteiger partial charge in [-0.05, 0) is 36.1 Å². The molecule has 2 aromatic carbocycles. The molecule has 1 unspecified atom stereocenters. The van der Waals surface area contributed by atoms with Gasteiger partial charge in [0.1, 0.15) is 17.8 Å². The fraction of sp³-hybridized carbons (Fsp3) is 0.387. The summed E-state index contributed by atoms with van der Waals surface area (Å²) in [6, 6.07) is 10.8. The molecule has 0 aliphatic carbocycles. The van der Waals surface area contributed by atoms with E-state index in [1.54, 1.807) is 34.7 Å². The Morgan fingerprint density at radius 2 is 1.95 bits per heavy atom. The summed E-state index contributed by atoms with van der Waals surface area (Å²) in [7, 11) is 0. The number of hydrogen-bond donors (Lipinski definition) is 3. The second kappa shape index (κ2) is 12.5. The van der Waals surface area contributed by atoms with Crippen molar-refractivity contribution < 1.29 is 34.1 Å². The first kappa shape index (κ1) is 30.2. The molecule has 2 aliphatic heterocycles. The molecule has 5 rings (SSSR count). The third kappa shape index (κ3) is 6.25. The highest BCUT2D eigenvalue weighted by molar-refractivity contribution is 7.13. The Hall–Kier alpha value is -4.29. The number of aliphatic hydroxyl groups excluding tert-OH is 1. The number of fused-ring (bicyclic) bond motifs is 1. The van der Waals surface area contributed by atoms with Crippen LogP contribution >= 0.6 is 11.3 Å². The first-order valence-electron chi connectivity index (χ1n) is 14.1. The van der Waals surface area contributed by atoms with Gasteiger partial charge in [0.05, 0.1) is 22.2 Å². The van der Waals surface area contributed by atoms with E-state index in [4.69, 9.17) is 4.74 Å². The van der Waals surface area contributed by atoms with Crippen molar-refractivity contribution in [2.24, 2.45) is 5.92 Å². The quantitative estimate of drug-likeness (QED) is 0.319. The Morgan fingerprint density at radius 1 is 1.19 bits per heavy atom. The number of carbonyl (C=O) groups excluding carboxylic acids is 3. The molecular formula is C31H34N4O7S. The van der Waals surface area contributed by atoms with Gasteiger partial charge in [-0.1, -0.05) is 44.2 Å². The normalized spacial score (nSPS) is 18.6. The molecule has 2 aliphatic rings. The summed E-state index contributed by atoms with van der Waals surface area (Å²) in [5.74, 6) is -2.14. The fourth-order valence-electron chi connectivity index (χ4n) is 5.75. The number of carbonyl (C=O) groups is 4. The van der Waals surface area contributed by atoms with E-state index in [0.29, 0.717) is 23.4 Å². The average Bonchev–Trinajstić information content (AvgIpc) is 3.67. The van der Waals surface area contributed by atoms with E-state index in [0.717, 1.165) is 21.7 Å². The third-order valence-corrected chi connectivity index (χ3v) is 8.79. The van der Waals surface area contributed by atoms with Crippen LogP contribution in [0.1, 0.15) is 47.4 Å². The number of amides is 3. The molecule has 3 aromatic rings. The van der Waals surface area contributed by atoms with Gasteiger partial charge < -0.3 is 30.1 Å². The first-order valence-corrected chi connectivity index (χ1v) is 15.0. The Bertz CT molecular complexity index is 1550. The maximum atomic E-state index is 13.9. The van der Waals surface area contributed by atoms with Crippen LogP contribution in [0.5, 0.6) is 5.75 Å². The van der Waals surface area contributed by atoms with Gasteiger partial charge in [-0.2, -0.15) is 0 Å². The van der Waals surface area contributed by atoms with E-state index in [1.807, 2.05) is 39.0 Å². The Kier molecular flexibility index (Phi) is 8.79. The lowest BCUT2D eigenvalue weighted by molar-refractivity contribution is -0.143. The number of thiazole rings is 1. The number of carboxylic acids is 1. The molecule has 3 atom stereocenters. The van der Waals surface area contributed by atoms with Gasteiger partial charge in [-0.25, -0.2) is 9.78 Å². The van der Waals surface area contributed by atoms with E-state index in [1.165, 1.54) is 16.2 Å². The van der Waals surface area contributed by atoms with Crippen LogP contribution in [-0.2, 0) is 27.5 Å². The number of aromatic nitrogens is 1. The summed E-state index contributed by atoms with van der Waals surface area (Å²) < 4.78 is 5.55.